The molecule has 0 radical (unpaired) electrons. The first-order chi connectivity index (χ1) is 21.2. The summed E-state index contributed by atoms with van der Waals surface area (Å²) in [5.41, 5.74) is 4.71. The minimum absolute atomic E-state index is 0.000345. The van der Waals surface area contributed by atoms with E-state index in [1.165, 1.54) is 6.08 Å². The fraction of sp³-hybridized carbons (Fsp3) is 0.303. The van der Waals surface area contributed by atoms with Crippen molar-refractivity contribution >= 4 is 33.5 Å². The number of anilines is 1. The van der Waals surface area contributed by atoms with E-state index < -0.39 is 11.5 Å². The molecule has 5 aromatic rings. The fourth-order valence-corrected chi connectivity index (χ4v) is 6.61. The van der Waals surface area contributed by atoms with Crippen LogP contribution in [0.4, 0.5) is 10.2 Å². The Bertz CT molecular complexity index is 2060. The molecule has 0 bridgehead atoms. The number of H-pyrrole nitrogens is 1. The predicted octanol–water partition coefficient (Wildman–Crippen LogP) is 4.80. The number of piperazine rings is 1. The Morgan fingerprint density at radius 1 is 1.20 bits per heavy atom. The van der Waals surface area contributed by atoms with E-state index in [9.17, 15) is 9.59 Å². The largest absolute Gasteiger partial charge is 0.487 e. The van der Waals surface area contributed by atoms with Crippen LogP contribution in [0, 0.1) is 19.7 Å². The van der Waals surface area contributed by atoms with Crippen molar-refractivity contribution in [1.82, 2.24) is 29.6 Å². The minimum Gasteiger partial charge on any atom is -0.487 e. The molecule has 0 spiro atoms. The van der Waals surface area contributed by atoms with E-state index in [1.54, 1.807) is 27.9 Å². The maximum absolute atomic E-state index is 17.0. The number of benzene rings is 2. The molecule has 224 valence electrons. The number of nitrogens with one attached hydrogen (secondary N) is 1. The van der Waals surface area contributed by atoms with E-state index in [1.807, 2.05) is 50.8 Å². The number of carbonyl (C=O) groups excluding carboxylic acids is 1. The molecule has 1 atom stereocenters. The molecule has 1 saturated heterocycles. The lowest BCUT2D eigenvalue weighted by atomic mass is 9.94. The van der Waals surface area contributed by atoms with Crippen LogP contribution in [0.3, 0.4) is 0 Å². The van der Waals surface area contributed by atoms with Crippen LogP contribution in [-0.4, -0.2) is 67.8 Å². The zero-order valence-electron chi connectivity index (χ0n) is 25.0. The molecule has 3 aromatic heterocycles. The third kappa shape index (κ3) is 4.10. The Kier molecular flexibility index (Phi) is 6.49. The summed E-state index contributed by atoms with van der Waals surface area (Å²) >= 11 is 0. The Balaban J connectivity index is 1.59. The zero-order chi connectivity index (χ0) is 30.9. The number of aromatic nitrogens is 5. The highest BCUT2D eigenvalue weighted by atomic mass is 19.1. The highest BCUT2D eigenvalue weighted by Gasteiger charge is 2.37. The van der Waals surface area contributed by atoms with Crippen molar-refractivity contribution in [1.29, 1.82) is 0 Å². The summed E-state index contributed by atoms with van der Waals surface area (Å²) < 4.78 is 24.9. The van der Waals surface area contributed by atoms with Crippen LogP contribution in [0.5, 0.6) is 5.75 Å². The van der Waals surface area contributed by atoms with Gasteiger partial charge in [0.1, 0.15) is 12.4 Å². The fourth-order valence-electron chi connectivity index (χ4n) is 6.61. The van der Waals surface area contributed by atoms with E-state index in [0.29, 0.717) is 53.2 Å². The van der Waals surface area contributed by atoms with Crippen molar-refractivity contribution in [3.63, 3.8) is 0 Å². The maximum Gasteiger partial charge on any atom is 0.354 e. The second-order valence-electron chi connectivity index (χ2n) is 11.8. The van der Waals surface area contributed by atoms with Gasteiger partial charge in [0.2, 0.25) is 5.91 Å². The van der Waals surface area contributed by atoms with Gasteiger partial charge in [0.25, 0.3) is 0 Å². The van der Waals surface area contributed by atoms with Crippen molar-refractivity contribution in [2.24, 2.45) is 0 Å². The van der Waals surface area contributed by atoms with Gasteiger partial charge in [-0.2, -0.15) is 10.1 Å². The molecule has 1 fully saturated rings. The Morgan fingerprint density at radius 3 is 2.80 bits per heavy atom. The molecule has 1 amide bonds. The first-order valence-corrected chi connectivity index (χ1v) is 14.7. The molecule has 0 aliphatic carbocycles. The van der Waals surface area contributed by atoms with Crippen LogP contribution in [0.1, 0.15) is 36.6 Å². The van der Waals surface area contributed by atoms with E-state index in [0.717, 1.165) is 27.7 Å². The van der Waals surface area contributed by atoms with Gasteiger partial charge in [-0.15, -0.1) is 0 Å². The maximum atomic E-state index is 17.0. The van der Waals surface area contributed by atoms with Crippen LogP contribution in [0.2, 0.25) is 0 Å². The Morgan fingerprint density at radius 2 is 2.02 bits per heavy atom. The van der Waals surface area contributed by atoms with Gasteiger partial charge in [-0.1, -0.05) is 26.5 Å². The van der Waals surface area contributed by atoms with Crippen LogP contribution >= 0.6 is 0 Å². The van der Waals surface area contributed by atoms with Crippen molar-refractivity contribution < 1.29 is 13.9 Å². The number of nitrogens with zero attached hydrogens (tertiary/aromatic N) is 6. The summed E-state index contributed by atoms with van der Waals surface area (Å²) in [5.74, 6) is -0.364. The van der Waals surface area contributed by atoms with Gasteiger partial charge < -0.3 is 14.5 Å². The van der Waals surface area contributed by atoms with E-state index in [4.69, 9.17) is 4.74 Å². The summed E-state index contributed by atoms with van der Waals surface area (Å²) in [4.78, 5) is 39.6. The molecule has 2 aliphatic heterocycles. The number of pyridine rings is 1. The average Bonchev–Trinajstić information content (AvgIpc) is 3.42. The number of amides is 1. The summed E-state index contributed by atoms with van der Waals surface area (Å²) in [6, 6.07) is 7.06. The molecule has 44 heavy (non-hydrogen) atoms. The predicted molar refractivity (Wildman–Crippen MR) is 167 cm³/mol. The zero-order valence-corrected chi connectivity index (χ0v) is 25.0. The molecule has 11 heteroatoms. The van der Waals surface area contributed by atoms with E-state index >= 15 is 4.39 Å². The number of ether oxygens (including phenoxy) is 1. The lowest BCUT2D eigenvalue weighted by molar-refractivity contribution is -0.126. The van der Waals surface area contributed by atoms with Crippen LogP contribution in [0.15, 0.2) is 54.1 Å². The summed E-state index contributed by atoms with van der Waals surface area (Å²) in [6.07, 6.45) is 4.69. The number of hydrogen-bond donors (Lipinski definition) is 1. The molecule has 2 aliphatic rings. The second kappa shape index (κ2) is 10.3. The van der Waals surface area contributed by atoms with Gasteiger partial charge in [-0.25, -0.2) is 9.18 Å². The summed E-state index contributed by atoms with van der Waals surface area (Å²) in [7, 11) is 0. The van der Waals surface area contributed by atoms with Crippen molar-refractivity contribution in [3.05, 3.63) is 82.4 Å². The lowest BCUT2D eigenvalue weighted by Crippen LogP contribution is -2.56. The number of carbonyl (C=O) groups is 1. The minimum atomic E-state index is -0.548. The Hall–Kier alpha value is -5.06. The third-order valence-electron chi connectivity index (χ3n) is 8.75. The van der Waals surface area contributed by atoms with E-state index in [-0.39, 0.29) is 30.2 Å². The standard InChI is InChI=1S/C33H32FN7O3/c1-6-25(42)39-11-12-40-20(15-39)16-44-31-27-24(13-21(28(31)34)26-18(4)7-8-23-22(26)14-36-38-23)41(33(43)37-32(27)40)30-19(5)9-10-35-29(30)17(2)3/h6-10,13-14,17,20H,1,11-12,15-16H2,2-5H3,(H,36,38). The third-order valence-corrected chi connectivity index (χ3v) is 8.75. The highest BCUT2D eigenvalue weighted by Crippen LogP contribution is 2.45. The van der Waals surface area contributed by atoms with Crippen LogP contribution < -0.4 is 15.3 Å². The van der Waals surface area contributed by atoms with Gasteiger partial charge in [0.05, 0.1) is 40.0 Å². The number of fused-ring (bicyclic) bond motifs is 3. The Labute approximate surface area is 252 Å². The second-order valence-corrected chi connectivity index (χ2v) is 11.8. The van der Waals surface area contributed by atoms with E-state index in [2.05, 4.69) is 26.7 Å². The molecule has 7 rings (SSSR count). The van der Waals surface area contributed by atoms with Crippen molar-refractivity contribution in [3.8, 4) is 22.6 Å². The number of hydrogen-bond acceptors (Lipinski definition) is 7. The number of aryl methyl sites for hydroxylation is 2. The summed E-state index contributed by atoms with van der Waals surface area (Å²) in [6.45, 7) is 12.7. The molecule has 1 N–H and O–H groups in total. The van der Waals surface area contributed by atoms with Crippen molar-refractivity contribution in [2.75, 3.05) is 31.1 Å². The number of aromatic amines is 1. The van der Waals surface area contributed by atoms with Gasteiger partial charge in [0.15, 0.2) is 11.6 Å². The average molecular weight is 594 g/mol. The van der Waals surface area contributed by atoms with Crippen LogP contribution in [-0.2, 0) is 4.79 Å². The first kappa shape index (κ1) is 27.8. The molecular formula is C33H32FN7O3. The number of halogens is 1. The van der Waals surface area contributed by atoms with Gasteiger partial charge in [-0.05, 0) is 60.7 Å². The molecule has 5 heterocycles. The molecule has 2 aromatic carbocycles. The van der Waals surface area contributed by atoms with Crippen LogP contribution in [0.25, 0.3) is 38.6 Å². The number of rotatable bonds is 4. The van der Waals surface area contributed by atoms with Gasteiger partial charge in [0, 0.05) is 36.8 Å². The van der Waals surface area contributed by atoms with Crippen molar-refractivity contribution in [2.45, 2.75) is 39.7 Å². The normalized spacial score (nSPS) is 16.3. The van der Waals surface area contributed by atoms with Gasteiger partial charge >= 0.3 is 5.69 Å². The lowest BCUT2D eigenvalue weighted by Gasteiger charge is -2.40. The topological polar surface area (TPSA) is 109 Å². The molecule has 10 nitrogen and oxygen atoms in total. The van der Waals surface area contributed by atoms with Gasteiger partial charge in [-0.3, -0.25) is 19.4 Å². The summed E-state index contributed by atoms with van der Waals surface area (Å²) in [5, 5.41) is 8.34. The SMILES string of the molecule is C=CC(=O)N1CCN2c3nc(=O)n(-c4c(C)ccnc4C(C)C)c4cc(-c5c(C)ccc6[nH]ncc56)c(F)c(c34)OCC2C1. The molecular weight excluding hydrogens is 561 g/mol. The monoisotopic (exact) mass is 593 g/mol. The molecule has 1 unspecified atom stereocenters. The quantitative estimate of drug-likeness (QED) is 0.298. The molecule has 0 saturated carbocycles. The smallest absolute Gasteiger partial charge is 0.354 e. The highest BCUT2D eigenvalue weighted by molar-refractivity contribution is 6.04. The first-order valence-electron chi connectivity index (χ1n) is 14.7.